The van der Waals surface area contributed by atoms with Crippen molar-refractivity contribution in [2.45, 2.75) is 13.2 Å². The van der Waals surface area contributed by atoms with E-state index < -0.39 is 5.91 Å². The molecule has 6 nitrogen and oxygen atoms in total. The molecule has 0 spiro atoms. The van der Waals surface area contributed by atoms with Crippen LogP contribution in [0, 0.1) is 0 Å². The molecule has 2 aliphatic rings. The van der Waals surface area contributed by atoms with E-state index in [1.165, 1.54) is 5.56 Å². The summed E-state index contributed by atoms with van der Waals surface area (Å²) < 4.78 is 11.2. The van der Waals surface area contributed by atoms with Gasteiger partial charge in [-0.25, -0.2) is 0 Å². The largest absolute Gasteiger partial charge is 0.488 e. The minimum atomic E-state index is -0.401. The summed E-state index contributed by atoms with van der Waals surface area (Å²) in [5.74, 6) is -0.340. The summed E-state index contributed by atoms with van der Waals surface area (Å²) in [6.07, 6.45) is 0. The van der Waals surface area contributed by atoms with Crippen LogP contribution >= 0.6 is 0 Å². The maximum Gasteiger partial charge on any atom is 0.262 e. The number of hydrogen-bond acceptors (Lipinski definition) is 5. The quantitative estimate of drug-likeness (QED) is 0.834. The van der Waals surface area contributed by atoms with E-state index in [0.717, 1.165) is 38.4 Å². The number of carbonyl (C=O) groups is 2. The van der Waals surface area contributed by atoms with Crippen molar-refractivity contribution in [1.29, 1.82) is 0 Å². The lowest BCUT2D eigenvalue weighted by molar-refractivity contribution is 0.0342. The molecule has 0 unspecified atom stereocenters. The highest BCUT2D eigenvalue weighted by molar-refractivity contribution is 6.22. The molecule has 1 N–H and O–H groups in total. The van der Waals surface area contributed by atoms with Crippen LogP contribution in [0.5, 0.6) is 5.75 Å². The smallest absolute Gasteiger partial charge is 0.262 e. The number of hydrogen-bond donors (Lipinski definition) is 1. The second kappa shape index (κ2) is 7.27. The van der Waals surface area contributed by atoms with Crippen LogP contribution < -0.4 is 10.1 Å². The van der Waals surface area contributed by atoms with Crippen molar-refractivity contribution >= 4 is 11.8 Å². The van der Waals surface area contributed by atoms with Gasteiger partial charge in [0.15, 0.2) is 0 Å². The molecular formula is C20H20N2O4. The summed E-state index contributed by atoms with van der Waals surface area (Å²) in [6.45, 7) is 4.77. The van der Waals surface area contributed by atoms with Gasteiger partial charge in [0.1, 0.15) is 12.4 Å². The third-order valence-electron chi connectivity index (χ3n) is 4.65. The van der Waals surface area contributed by atoms with Gasteiger partial charge >= 0.3 is 0 Å². The van der Waals surface area contributed by atoms with Crippen molar-refractivity contribution in [3.63, 3.8) is 0 Å². The highest BCUT2D eigenvalue weighted by Crippen LogP contribution is 2.27. The Labute approximate surface area is 151 Å². The maximum absolute atomic E-state index is 11.9. The van der Waals surface area contributed by atoms with Crippen LogP contribution in [-0.2, 0) is 17.9 Å². The number of benzene rings is 2. The third-order valence-corrected chi connectivity index (χ3v) is 4.65. The predicted octanol–water partition coefficient (Wildman–Crippen LogP) is 1.98. The summed E-state index contributed by atoms with van der Waals surface area (Å²) in [7, 11) is 0. The molecule has 0 atom stereocenters. The molecule has 2 heterocycles. The van der Waals surface area contributed by atoms with Crippen LogP contribution in [0.4, 0.5) is 0 Å². The Morgan fingerprint density at radius 2 is 1.69 bits per heavy atom. The van der Waals surface area contributed by atoms with E-state index in [1.807, 2.05) is 12.1 Å². The summed E-state index contributed by atoms with van der Waals surface area (Å²) in [4.78, 5) is 26.0. The van der Waals surface area contributed by atoms with Crippen molar-refractivity contribution in [2.75, 3.05) is 26.3 Å². The fourth-order valence-corrected chi connectivity index (χ4v) is 3.23. The van der Waals surface area contributed by atoms with E-state index in [1.54, 1.807) is 18.2 Å². The number of carbonyl (C=O) groups excluding carboxylic acids is 2. The topological polar surface area (TPSA) is 67.9 Å². The van der Waals surface area contributed by atoms with Gasteiger partial charge < -0.3 is 9.47 Å². The van der Waals surface area contributed by atoms with Crippen LogP contribution in [0.2, 0.25) is 0 Å². The Bertz CT molecular complexity index is 826. The van der Waals surface area contributed by atoms with Crippen molar-refractivity contribution in [3.8, 4) is 5.75 Å². The van der Waals surface area contributed by atoms with Gasteiger partial charge in [0.25, 0.3) is 11.8 Å². The van der Waals surface area contributed by atoms with E-state index in [-0.39, 0.29) is 5.91 Å². The Morgan fingerprint density at radius 1 is 0.962 bits per heavy atom. The average Bonchev–Trinajstić information content (AvgIpc) is 2.97. The standard InChI is InChI=1S/C20H20N2O4/c23-19-16-2-1-3-17(18(16)20(24)21-19)26-13-15-6-4-14(5-7-15)12-22-8-10-25-11-9-22/h1-7H,8-13H2,(H,21,23,24). The summed E-state index contributed by atoms with van der Waals surface area (Å²) >= 11 is 0. The van der Waals surface area contributed by atoms with E-state index in [9.17, 15) is 9.59 Å². The van der Waals surface area contributed by atoms with Crippen molar-refractivity contribution in [3.05, 3.63) is 64.7 Å². The number of nitrogens with zero attached hydrogens (tertiary/aromatic N) is 1. The van der Waals surface area contributed by atoms with Gasteiger partial charge in [-0.1, -0.05) is 30.3 Å². The van der Waals surface area contributed by atoms with Crippen molar-refractivity contribution in [1.82, 2.24) is 10.2 Å². The van der Waals surface area contributed by atoms with Gasteiger partial charge in [-0.05, 0) is 23.3 Å². The monoisotopic (exact) mass is 352 g/mol. The molecule has 1 saturated heterocycles. The molecule has 0 radical (unpaired) electrons. The molecule has 2 aromatic carbocycles. The summed E-state index contributed by atoms with van der Waals surface area (Å²) in [6, 6.07) is 13.3. The van der Waals surface area contributed by atoms with Crippen molar-refractivity contribution < 1.29 is 19.1 Å². The minimum absolute atomic E-state index is 0.321. The van der Waals surface area contributed by atoms with Gasteiger partial charge in [-0.2, -0.15) is 0 Å². The zero-order valence-corrected chi connectivity index (χ0v) is 14.4. The first-order valence-electron chi connectivity index (χ1n) is 8.70. The molecule has 0 bridgehead atoms. The predicted molar refractivity (Wildman–Crippen MR) is 95.1 cm³/mol. The maximum atomic E-state index is 11.9. The second-order valence-corrected chi connectivity index (χ2v) is 6.46. The third kappa shape index (κ3) is 3.47. The van der Waals surface area contributed by atoms with Crippen LogP contribution in [0.15, 0.2) is 42.5 Å². The van der Waals surface area contributed by atoms with Gasteiger partial charge in [0.05, 0.1) is 24.3 Å². The lowest BCUT2D eigenvalue weighted by Crippen LogP contribution is -2.35. The van der Waals surface area contributed by atoms with Gasteiger partial charge in [0.2, 0.25) is 0 Å². The molecule has 0 aliphatic carbocycles. The Balaban J connectivity index is 1.40. The van der Waals surface area contributed by atoms with Crippen LogP contribution in [0.1, 0.15) is 31.8 Å². The van der Waals surface area contributed by atoms with E-state index in [2.05, 4.69) is 22.3 Å². The highest BCUT2D eigenvalue weighted by Gasteiger charge is 2.30. The fourth-order valence-electron chi connectivity index (χ4n) is 3.23. The van der Waals surface area contributed by atoms with E-state index >= 15 is 0 Å². The summed E-state index contributed by atoms with van der Waals surface area (Å²) in [5.41, 5.74) is 2.95. The van der Waals surface area contributed by atoms with E-state index in [0.29, 0.717) is 23.5 Å². The van der Waals surface area contributed by atoms with Crippen molar-refractivity contribution in [2.24, 2.45) is 0 Å². The van der Waals surface area contributed by atoms with Gasteiger partial charge in [-0.3, -0.25) is 19.8 Å². The van der Waals surface area contributed by atoms with Crippen LogP contribution in [-0.4, -0.2) is 43.0 Å². The zero-order valence-electron chi connectivity index (χ0n) is 14.4. The van der Waals surface area contributed by atoms with Gasteiger partial charge in [-0.15, -0.1) is 0 Å². The van der Waals surface area contributed by atoms with Gasteiger partial charge in [0, 0.05) is 19.6 Å². The van der Waals surface area contributed by atoms with Crippen LogP contribution in [0.3, 0.4) is 0 Å². The summed E-state index contributed by atoms with van der Waals surface area (Å²) in [5, 5.41) is 2.30. The lowest BCUT2D eigenvalue weighted by Gasteiger charge is -2.26. The number of imide groups is 1. The first-order chi connectivity index (χ1) is 12.7. The molecule has 2 amide bonds. The number of morpholine rings is 1. The molecule has 4 rings (SSSR count). The number of nitrogens with one attached hydrogen (secondary N) is 1. The number of fused-ring (bicyclic) bond motifs is 1. The molecule has 2 aliphatic heterocycles. The Hall–Kier alpha value is -2.70. The number of ether oxygens (including phenoxy) is 2. The minimum Gasteiger partial charge on any atom is -0.488 e. The molecule has 134 valence electrons. The second-order valence-electron chi connectivity index (χ2n) is 6.46. The van der Waals surface area contributed by atoms with E-state index in [4.69, 9.17) is 9.47 Å². The molecule has 26 heavy (non-hydrogen) atoms. The molecular weight excluding hydrogens is 332 g/mol. The Kier molecular flexibility index (Phi) is 4.69. The number of amides is 2. The normalized spacial score (nSPS) is 17.1. The number of rotatable bonds is 5. The first-order valence-corrected chi connectivity index (χ1v) is 8.70. The molecule has 0 saturated carbocycles. The highest BCUT2D eigenvalue weighted by atomic mass is 16.5. The molecule has 0 aromatic heterocycles. The molecule has 1 fully saturated rings. The Morgan fingerprint density at radius 3 is 2.46 bits per heavy atom. The fraction of sp³-hybridized carbons (Fsp3) is 0.300. The zero-order chi connectivity index (χ0) is 17.9. The SMILES string of the molecule is O=C1NC(=O)c2c(OCc3ccc(CN4CCOCC4)cc3)cccc21. The first kappa shape index (κ1) is 16.8. The lowest BCUT2D eigenvalue weighted by atomic mass is 10.1. The molecule has 6 heteroatoms. The van der Waals surface area contributed by atoms with Crippen LogP contribution in [0.25, 0.3) is 0 Å². The molecule has 2 aromatic rings. The average molecular weight is 352 g/mol.